The molecule has 2 heterocycles. The second kappa shape index (κ2) is 5.55. The maximum absolute atomic E-state index is 12.7. The number of ether oxygens (including phenoxy) is 1. The van der Waals surface area contributed by atoms with Crippen molar-refractivity contribution in [3.05, 3.63) is 47.9 Å². The standard InChI is InChI=1S/C16H16N2O4/c1-10-7-8-21-14(10)16(20)18-9-13(15(19)17-2)22-12-6-4-3-5-11(12)18/h3-8,13H,9H2,1-2H3,(H,17,19). The first kappa shape index (κ1) is 14.2. The van der Waals surface area contributed by atoms with E-state index < -0.39 is 6.10 Å². The lowest BCUT2D eigenvalue weighted by Crippen LogP contribution is -2.50. The number of nitrogens with one attached hydrogen (secondary N) is 1. The van der Waals surface area contributed by atoms with Gasteiger partial charge in [-0.1, -0.05) is 12.1 Å². The number of amides is 2. The number of hydrogen-bond acceptors (Lipinski definition) is 4. The highest BCUT2D eigenvalue weighted by atomic mass is 16.5. The molecular formula is C16H16N2O4. The third-order valence-corrected chi connectivity index (χ3v) is 3.61. The summed E-state index contributed by atoms with van der Waals surface area (Å²) in [6, 6.07) is 8.87. The van der Waals surface area contributed by atoms with Crippen LogP contribution in [0.25, 0.3) is 0 Å². The van der Waals surface area contributed by atoms with E-state index in [1.165, 1.54) is 18.2 Å². The Hall–Kier alpha value is -2.76. The molecule has 1 N–H and O–H groups in total. The number of carbonyl (C=O) groups is 2. The first-order valence-electron chi connectivity index (χ1n) is 6.95. The van der Waals surface area contributed by atoms with Gasteiger partial charge >= 0.3 is 0 Å². The van der Waals surface area contributed by atoms with Crippen LogP contribution in [0.15, 0.2) is 41.0 Å². The van der Waals surface area contributed by atoms with Gasteiger partial charge in [0, 0.05) is 12.6 Å². The van der Waals surface area contributed by atoms with Gasteiger partial charge in [-0.05, 0) is 25.1 Å². The van der Waals surface area contributed by atoms with Crippen molar-refractivity contribution in [3.63, 3.8) is 0 Å². The molecule has 1 aromatic carbocycles. The Morgan fingerprint density at radius 1 is 1.27 bits per heavy atom. The molecule has 1 aliphatic heterocycles. The molecule has 2 aromatic rings. The summed E-state index contributed by atoms with van der Waals surface area (Å²) in [4.78, 5) is 26.2. The van der Waals surface area contributed by atoms with Crippen molar-refractivity contribution < 1.29 is 18.7 Å². The van der Waals surface area contributed by atoms with E-state index in [1.807, 2.05) is 6.07 Å². The molecule has 1 atom stereocenters. The second-order valence-electron chi connectivity index (χ2n) is 5.04. The number of para-hydroxylation sites is 2. The molecule has 0 bridgehead atoms. The second-order valence-corrected chi connectivity index (χ2v) is 5.04. The molecule has 6 heteroatoms. The van der Waals surface area contributed by atoms with Gasteiger partial charge in [-0.15, -0.1) is 0 Å². The van der Waals surface area contributed by atoms with Gasteiger partial charge in [0.05, 0.1) is 18.5 Å². The van der Waals surface area contributed by atoms with E-state index >= 15 is 0 Å². The smallest absolute Gasteiger partial charge is 0.294 e. The van der Waals surface area contributed by atoms with Gasteiger partial charge < -0.3 is 14.5 Å². The minimum atomic E-state index is -0.751. The highest BCUT2D eigenvalue weighted by Gasteiger charge is 2.35. The van der Waals surface area contributed by atoms with E-state index in [-0.39, 0.29) is 24.1 Å². The Labute approximate surface area is 127 Å². The first-order valence-corrected chi connectivity index (χ1v) is 6.95. The predicted octanol–water partition coefficient (Wildman–Crippen LogP) is 1.74. The van der Waals surface area contributed by atoms with Crippen molar-refractivity contribution in [2.45, 2.75) is 13.0 Å². The number of rotatable bonds is 2. The topological polar surface area (TPSA) is 71.8 Å². The molecule has 0 spiro atoms. The normalized spacial score (nSPS) is 16.6. The van der Waals surface area contributed by atoms with Gasteiger partial charge in [0.2, 0.25) is 0 Å². The van der Waals surface area contributed by atoms with Crippen LogP contribution in [0, 0.1) is 6.92 Å². The van der Waals surface area contributed by atoms with Crippen LogP contribution in [-0.2, 0) is 4.79 Å². The SMILES string of the molecule is CNC(=O)C1CN(C(=O)c2occc2C)c2ccccc2O1. The van der Waals surface area contributed by atoms with Gasteiger partial charge in [-0.3, -0.25) is 14.5 Å². The molecule has 0 saturated carbocycles. The van der Waals surface area contributed by atoms with Crippen LogP contribution in [0.5, 0.6) is 5.75 Å². The summed E-state index contributed by atoms with van der Waals surface area (Å²) < 4.78 is 11.0. The molecule has 1 unspecified atom stereocenters. The Morgan fingerprint density at radius 2 is 2.05 bits per heavy atom. The quantitative estimate of drug-likeness (QED) is 0.917. The van der Waals surface area contributed by atoms with Crippen LogP contribution in [0.4, 0.5) is 5.69 Å². The molecule has 0 fully saturated rings. The van der Waals surface area contributed by atoms with Crippen molar-refractivity contribution in [1.82, 2.24) is 5.32 Å². The largest absolute Gasteiger partial charge is 0.477 e. The van der Waals surface area contributed by atoms with E-state index in [0.717, 1.165) is 5.56 Å². The van der Waals surface area contributed by atoms with Crippen LogP contribution in [0.3, 0.4) is 0 Å². The fourth-order valence-corrected chi connectivity index (χ4v) is 2.44. The van der Waals surface area contributed by atoms with Gasteiger partial charge in [-0.25, -0.2) is 0 Å². The van der Waals surface area contributed by atoms with Crippen LogP contribution >= 0.6 is 0 Å². The Morgan fingerprint density at radius 3 is 2.73 bits per heavy atom. The Bertz CT molecular complexity index is 722. The van der Waals surface area contributed by atoms with E-state index in [1.54, 1.807) is 31.2 Å². The molecular weight excluding hydrogens is 284 g/mol. The summed E-state index contributed by atoms with van der Waals surface area (Å²) in [5, 5.41) is 2.55. The molecule has 6 nitrogen and oxygen atoms in total. The Balaban J connectivity index is 2.00. The maximum atomic E-state index is 12.7. The zero-order valence-corrected chi connectivity index (χ0v) is 12.3. The third-order valence-electron chi connectivity index (χ3n) is 3.61. The number of likely N-dealkylation sites (N-methyl/N-ethyl adjacent to an activating group) is 1. The fourth-order valence-electron chi connectivity index (χ4n) is 2.44. The van der Waals surface area contributed by atoms with Gasteiger partial charge in [0.1, 0.15) is 5.75 Å². The number of benzene rings is 1. The monoisotopic (exact) mass is 300 g/mol. The van der Waals surface area contributed by atoms with Crippen molar-refractivity contribution in [2.24, 2.45) is 0 Å². The lowest BCUT2D eigenvalue weighted by atomic mass is 10.1. The molecule has 0 radical (unpaired) electrons. The summed E-state index contributed by atoms with van der Waals surface area (Å²) in [5.41, 5.74) is 1.38. The van der Waals surface area contributed by atoms with Crippen LogP contribution in [0.2, 0.25) is 0 Å². The molecule has 2 amide bonds. The molecule has 114 valence electrons. The minimum absolute atomic E-state index is 0.135. The molecule has 0 aliphatic carbocycles. The zero-order valence-electron chi connectivity index (χ0n) is 12.3. The van der Waals surface area contributed by atoms with E-state index in [2.05, 4.69) is 5.32 Å². The third kappa shape index (κ3) is 2.32. The molecule has 1 aromatic heterocycles. The summed E-state index contributed by atoms with van der Waals surface area (Å²) in [6.07, 6.45) is 0.727. The van der Waals surface area contributed by atoms with E-state index in [4.69, 9.17) is 9.15 Å². The summed E-state index contributed by atoms with van der Waals surface area (Å²) >= 11 is 0. The van der Waals surface area contributed by atoms with Gasteiger partial charge in [0.15, 0.2) is 11.9 Å². The summed E-state index contributed by atoms with van der Waals surface area (Å²) in [7, 11) is 1.54. The van der Waals surface area contributed by atoms with E-state index in [9.17, 15) is 9.59 Å². The average molecular weight is 300 g/mol. The maximum Gasteiger partial charge on any atom is 0.294 e. The van der Waals surface area contributed by atoms with E-state index in [0.29, 0.717) is 11.4 Å². The predicted molar refractivity (Wildman–Crippen MR) is 80.0 cm³/mol. The van der Waals surface area contributed by atoms with Gasteiger partial charge in [-0.2, -0.15) is 0 Å². The minimum Gasteiger partial charge on any atom is -0.477 e. The zero-order chi connectivity index (χ0) is 15.7. The molecule has 3 rings (SSSR count). The summed E-state index contributed by atoms with van der Waals surface area (Å²) in [5.74, 6) is 0.211. The lowest BCUT2D eigenvalue weighted by molar-refractivity contribution is -0.127. The van der Waals surface area contributed by atoms with Gasteiger partial charge in [0.25, 0.3) is 11.8 Å². The summed E-state index contributed by atoms with van der Waals surface area (Å²) in [6.45, 7) is 1.94. The number of furan rings is 1. The molecule has 22 heavy (non-hydrogen) atoms. The van der Waals surface area contributed by atoms with Crippen LogP contribution in [-0.4, -0.2) is 31.5 Å². The number of fused-ring (bicyclic) bond motifs is 1. The van der Waals surface area contributed by atoms with Crippen molar-refractivity contribution >= 4 is 17.5 Å². The number of aryl methyl sites for hydroxylation is 1. The Kier molecular flexibility index (Phi) is 3.58. The average Bonchev–Trinajstić information content (AvgIpc) is 2.98. The van der Waals surface area contributed by atoms with Crippen molar-refractivity contribution in [2.75, 3.05) is 18.5 Å². The van der Waals surface area contributed by atoms with Crippen LogP contribution in [0.1, 0.15) is 16.1 Å². The number of anilines is 1. The fraction of sp³-hybridized carbons (Fsp3) is 0.250. The number of carbonyl (C=O) groups excluding carboxylic acids is 2. The molecule has 0 saturated heterocycles. The highest BCUT2D eigenvalue weighted by Crippen LogP contribution is 2.34. The van der Waals surface area contributed by atoms with Crippen molar-refractivity contribution in [3.8, 4) is 5.75 Å². The highest BCUT2D eigenvalue weighted by molar-refractivity contribution is 6.07. The number of hydrogen-bond donors (Lipinski definition) is 1. The molecule has 1 aliphatic rings. The first-order chi connectivity index (χ1) is 10.6. The lowest BCUT2D eigenvalue weighted by Gasteiger charge is -2.33. The van der Waals surface area contributed by atoms with Crippen LogP contribution < -0.4 is 15.0 Å². The number of nitrogens with zero attached hydrogens (tertiary/aromatic N) is 1. The van der Waals surface area contributed by atoms with Crippen molar-refractivity contribution in [1.29, 1.82) is 0 Å².